The highest BCUT2D eigenvalue weighted by atomic mass is 35.5. The maximum atomic E-state index is 13.1. The zero-order valence-corrected chi connectivity index (χ0v) is 18.0. The molecule has 1 atom stereocenters. The highest BCUT2D eigenvalue weighted by molar-refractivity contribution is 6.31. The van der Waals surface area contributed by atoms with Crippen molar-refractivity contribution in [2.45, 2.75) is 25.4 Å². The number of fused-ring (bicyclic) bond motifs is 3. The van der Waals surface area contributed by atoms with E-state index in [4.69, 9.17) is 21.7 Å². The van der Waals surface area contributed by atoms with E-state index in [1.54, 1.807) is 0 Å². The Balaban J connectivity index is 1.69. The third kappa shape index (κ3) is 3.67. The van der Waals surface area contributed by atoms with Crippen LogP contribution in [0.2, 0.25) is 5.02 Å². The molecule has 1 aliphatic heterocycles. The number of carbonyl (C=O) groups is 1. The number of para-hydroxylation sites is 1. The van der Waals surface area contributed by atoms with E-state index in [-0.39, 0.29) is 11.6 Å². The van der Waals surface area contributed by atoms with Crippen LogP contribution >= 0.6 is 11.6 Å². The van der Waals surface area contributed by atoms with E-state index in [1.165, 1.54) is 0 Å². The summed E-state index contributed by atoms with van der Waals surface area (Å²) in [6.45, 7) is 1.58. The van der Waals surface area contributed by atoms with Crippen molar-refractivity contribution in [1.29, 1.82) is 0 Å². The normalized spacial score (nSPS) is 16.5. The van der Waals surface area contributed by atoms with Crippen molar-refractivity contribution in [2.24, 2.45) is 0 Å². The molecule has 0 unspecified atom stereocenters. The van der Waals surface area contributed by atoms with E-state index in [9.17, 15) is 9.59 Å². The third-order valence-electron chi connectivity index (χ3n) is 5.91. The molecule has 2 aromatic carbocycles. The van der Waals surface area contributed by atoms with Crippen LogP contribution < -0.4 is 15.8 Å². The second-order valence-corrected chi connectivity index (χ2v) is 8.43. The fraction of sp³-hybridized carbons (Fsp3) is 0.261. The number of aromatic amines is 1. The van der Waals surface area contributed by atoms with Crippen LogP contribution in [0.4, 0.5) is 10.7 Å². The number of anilines is 1. The number of carboxylic acid groups (broad SMARTS) is 1. The number of hydrogen-bond donors (Lipinski definition) is 3. The van der Waals surface area contributed by atoms with Crippen LogP contribution in [0.3, 0.4) is 0 Å². The van der Waals surface area contributed by atoms with Gasteiger partial charge < -0.3 is 24.9 Å². The van der Waals surface area contributed by atoms with Crippen LogP contribution in [0.1, 0.15) is 18.4 Å². The zero-order chi connectivity index (χ0) is 22.2. The first-order valence-electron chi connectivity index (χ1n) is 10.5. The number of benzene rings is 2. The highest BCUT2D eigenvalue weighted by Crippen LogP contribution is 2.29. The van der Waals surface area contributed by atoms with E-state index >= 15 is 0 Å². The minimum atomic E-state index is -1.04. The SMILES string of the molecule is O=C(O)N[C@@H]1CCCN(c2nc3c4ccccc4[nH]c(=O)c3n2Cc2ccccc2Cl)C1. The van der Waals surface area contributed by atoms with Crippen molar-refractivity contribution in [2.75, 3.05) is 18.0 Å². The van der Waals surface area contributed by atoms with Crippen LogP contribution in [0.25, 0.3) is 21.9 Å². The smallest absolute Gasteiger partial charge is 0.404 e. The van der Waals surface area contributed by atoms with Gasteiger partial charge in [0.15, 0.2) is 0 Å². The minimum Gasteiger partial charge on any atom is -0.465 e. The fourth-order valence-corrected chi connectivity index (χ4v) is 4.67. The summed E-state index contributed by atoms with van der Waals surface area (Å²) in [7, 11) is 0. The number of piperidine rings is 1. The van der Waals surface area contributed by atoms with Gasteiger partial charge in [0, 0.05) is 29.5 Å². The Bertz CT molecular complexity index is 1380. The molecule has 1 aliphatic rings. The first kappa shape index (κ1) is 20.4. The van der Waals surface area contributed by atoms with E-state index < -0.39 is 6.09 Å². The summed E-state index contributed by atoms with van der Waals surface area (Å²) in [4.78, 5) is 34.2. The first-order valence-corrected chi connectivity index (χ1v) is 10.9. The average Bonchev–Trinajstić information content (AvgIpc) is 3.15. The van der Waals surface area contributed by atoms with E-state index in [0.717, 1.165) is 35.9 Å². The molecule has 0 bridgehead atoms. The molecule has 0 radical (unpaired) electrons. The molecule has 0 saturated carbocycles. The number of nitrogens with one attached hydrogen (secondary N) is 2. The number of hydrogen-bond acceptors (Lipinski definition) is 4. The number of nitrogens with zero attached hydrogens (tertiary/aromatic N) is 3. The molecular formula is C23H22ClN5O3. The summed E-state index contributed by atoms with van der Waals surface area (Å²) >= 11 is 6.44. The lowest BCUT2D eigenvalue weighted by Crippen LogP contribution is -2.48. The quantitative estimate of drug-likeness (QED) is 0.437. The lowest BCUT2D eigenvalue weighted by Gasteiger charge is -2.33. The Morgan fingerprint density at radius 1 is 1.22 bits per heavy atom. The lowest BCUT2D eigenvalue weighted by molar-refractivity contribution is 0.188. The first-order chi connectivity index (χ1) is 15.5. The van der Waals surface area contributed by atoms with E-state index in [0.29, 0.717) is 35.1 Å². The molecule has 3 N–H and O–H groups in total. The van der Waals surface area contributed by atoms with Gasteiger partial charge in [0.1, 0.15) is 11.0 Å². The van der Waals surface area contributed by atoms with E-state index in [1.807, 2.05) is 53.1 Å². The lowest BCUT2D eigenvalue weighted by atomic mass is 10.1. The predicted octanol–water partition coefficient (Wildman–Crippen LogP) is 3.82. The third-order valence-corrected chi connectivity index (χ3v) is 6.28. The monoisotopic (exact) mass is 451 g/mol. The summed E-state index contributed by atoms with van der Waals surface area (Å²) in [6.07, 6.45) is 0.540. The molecule has 1 saturated heterocycles. The predicted molar refractivity (Wildman–Crippen MR) is 125 cm³/mol. The van der Waals surface area contributed by atoms with Crippen molar-refractivity contribution in [3.8, 4) is 0 Å². The second kappa shape index (κ2) is 8.20. The van der Waals surface area contributed by atoms with Crippen LogP contribution in [0.5, 0.6) is 0 Å². The Morgan fingerprint density at radius 3 is 2.81 bits per heavy atom. The number of aromatic nitrogens is 3. The number of halogens is 1. The van der Waals surface area contributed by atoms with Crippen molar-refractivity contribution in [3.63, 3.8) is 0 Å². The summed E-state index contributed by atoms with van der Waals surface area (Å²) in [5, 5.41) is 13.2. The van der Waals surface area contributed by atoms with Crippen LogP contribution in [-0.4, -0.2) is 44.9 Å². The van der Waals surface area contributed by atoms with Gasteiger partial charge in [0.05, 0.1) is 12.1 Å². The summed E-state index contributed by atoms with van der Waals surface area (Å²) < 4.78 is 1.89. The molecule has 0 aliphatic carbocycles. The van der Waals surface area contributed by atoms with Gasteiger partial charge in [0.2, 0.25) is 5.95 Å². The average molecular weight is 452 g/mol. The van der Waals surface area contributed by atoms with Gasteiger partial charge >= 0.3 is 6.09 Å². The highest BCUT2D eigenvalue weighted by Gasteiger charge is 2.27. The van der Waals surface area contributed by atoms with Crippen molar-refractivity contribution in [3.05, 3.63) is 69.5 Å². The molecule has 5 rings (SSSR count). The molecule has 32 heavy (non-hydrogen) atoms. The van der Waals surface area contributed by atoms with Gasteiger partial charge in [-0.3, -0.25) is 4.79 Å². The Labute approximate surface area is 188 Å². The molecule has 0 spiro atoms. The van der Waals surface area contributed by atoms with Crippen LogP contribution in [-0.2, 0) is 6.54 Å². The number of pyridine rings is 1. The molecular weight excluding hydrogens is 430 g/mol. The molecule has 1 fully saturated rings. The van der Waals surface area contributed by atoms with Gasteiger partial charge in [-0.2, -0.15) is 0 Å². The molecule has 9 heteroatoms. The van der Waals surface area contributed by atoms with Crippen LogP contribution in [0, 0.1) is 0 Å². The molecule has 1 amide bonds. The van der Waals surface area contributed by atoms with Crippen molar-refractivity contribution >= 4 is 45.6 Å². The standard InChI is InChI=1S/C23H22ClN5O3/c24-17-9-3-1-6-14(17)12-29-20-19(16-8-2-4-10-18(16)26-21(20)30)27-22(29)28-11-5-7-15(13-28)25-23(31)32/h1-4,6,8-10,15,25H,5,7,11-13H2,(H,26,30)(H,31,32)/t15-/m1/s1. The molecule has 8 nitrogen and oxygen atoms in total. The molecule has 4 aromatic rings. The largest absolute Gasteiger partial charge is 0.465 e. The minimum absolute atomic E-state index is 0.204. The fourth-order valence-electron chi connectivity index (χ4n) is 4.48. The van der Waals surface area contributed by atoms with Gasteiger partial charge in [-0.1, -0.05) is 48.0 Å². The summed E-state index contributed by atoms with van der Waals surface area (Å²) in [5.41, 5.74) is 2.48. The topological polar surface area (TPSA) is 103 Å². The van der Waals surface area contributed by atoms with Crippen molar-refractivity contribution in [1.82, 2.24) is 19.9 Å². The van der Waals surface area contributed by atoms with Gasteiger partial charge in [-0.25, -0.2) is 9.78 Å². The van der Waals surface area contributed by atoms with Gasteiger partial charge in [-0.15, -0.1) is 0 Å². The number of rotatable bonds is 4. The maximum Gasteiger partial charge on any atom is 0.404 e. The zero-order valence-electron chi connectivity index (χ0n) is 17.2. The number of amides is 1. The second-order valence-electron chi connectivity index (χ2n) is 8.02. The van der Waals surface area contributed by atoms with Gasteiger partial charge in [-0.05, 0) is 30.5 Å². The van der Waals surface area contributed by atoms with Crippen molar-refractivity contribution < 1.29 is 9.90 Å². The Kier molecular flexibility index (Phi) is 5.22. The maximum absolute atomic E-state index is 13.1. The Hall–Kier alpha value is -3.52. The molecule has 164 valence electrons. The molecule has 2 aromatic heterocycles. The molecule has 3 heterocycles. The van der Waals surface area contributed by atoms with E-state index in [2.05, 4.69) is 15.2 Å². The summed E-state index contributed by atoms with van der Waals surface area (Å²) in [5.74, 6) is 0.638. The Morgan fingerprint density at radius 2 is 2.00 bits per heavy atom. The van der Waals surface area contributed by atoms with Gasteiger partial charge in [0.25, 0.3) is 5.56 Å². The number of H-pyrrole nitrogens is 1. The summed E-state index contributed by atoms with van der Waals surface area (Å²) in [6, 6.07) is 14.9. The van der Waals surface area contributed by atoms with Crippen LogP contribution in [0.15, 0.2) is 53.3 Å². The number of imidazole rings is 1.